The highest BCUT2D eigenvalue weighted by atomic mass is 79.9. The molecule has 0 N–H and O–H groups in total. The Bertz CT molecular complexity index is 824. The number of ketones is 1. The Balaban J connectivity index is 2.10. The van der Waals surface area contributed by atoms with Crippen LogP contribution in [-0.2, 0) is 0 Å². The maximum atomic E-state index is 12.4. The van der Waals surface area contributed by atoms with Crippen molar-refractivity contribution in [2.24, 2.45) is 0 Å². The molecule has 2 aromatic carbocycles. The van der Waals surface area contributed by atoms with Crippen molar-refractivity contribution in [2.45, 2.75) is 0 Å². The van der Waals surface area contributed by atoms with Gasteiger partial charge in [-0.2, -0.15) is 0 Å². The molecular weight excluding hydrogens is 363 g/mol. The number of benzene rings is 2. The van der Waals surface area contributed by atoms with Crippen molar-refractivity contribution in [3.8, 4) is 0 Å². The molecule has 1 heterocycles. The summed E-state index contributed by atoms with van der Waals surface area (Å²) in [6.07, 6.45) is 0. The lowest BCUT2D eigenvalue weighted by molar-refractivity contribution is 0.101. The van der Waals surface area contributed by atoms with E-state index < -0.39 is 0 Å². The Labute approximate surface area is 133 Å². The van der Waals surface area contributed by atoms with Gasteiger partial charge in [0, 0.05) is 15.4 Å². The van der Waals surface area contributed by atoms with Gasteiger partial charge in [-0.05, 0) is 36.4 Å². The quantitative estimate of drug-likeness (QED) is 0.539. The summed E-state index contributed by atoms with van der Waals surface area (Å²) in [5.74, 6) is -0.0490. The minimum atomic E-state index is -0.269. The van der Waals surface area contributed by atoms with E-state index in [1.807, 2.05) is 0 Å². The SMILES string of the molecule is O=C(c1cc2c(Cl)cccc2o1)c1ccc(Br)cc1Cl. The first kappa shape index (κ1) is 13.7. The van der Waals surface area contributed by atoms with E-state index in [1.54, 1.807) is 42.5 Å². The van der Waals surface area contributed by atoms with Crippen LogP contribution in [0.15, 0.2) is 51.4 Å². The summed E-state index contributed by atoms with van der Waals surface area (Å²) in [6.45, 7) is 0. The molecule has 0 aliphatic heterocycles. The van der Waals surface area contributed by atoms with Crippen LogP contribution in [0.25, 0.3) is 11.0 Å². The molecule has 0 spiro atoms. The molecule has 0 atom stereocenters. The molecule has 3 rings (SSSR count). The molecule has 1 aromatic heterocycles. The number of carbonyl (C=O) groups excluding carboxylic acids is 1. The molecule has 0 fully saturated rings. The van der Waals surface area contributed by atoms with Crippen molar-refractivity contribution in [3.05, 3.63) is 68.3 Å². The normalized spacial score (nSPS) is 10.9. The maximum absolute atomic E-state index is 12.4. The molecule has 20 heavy (non-hydrogen) atoms. The van der Waals surface area contributed by atoms with Crippen molar-refractivity contribution in [1.82, 2.24) is 0 Å². The molecule has 2 nitrogen and oxygen atoms in total. The molecule has 3 aromatic rings. The molecular formula is C15H7BrCl2O2. The van der Waals surface area contributed by atoms with E-state index in [2.05, 4.69) is 15.9 Å². The summed E-state index contributed by atoms with van der Waals surface area (Å²) >= 11 is 15.5. The van der Waals surface area contributed by atoms with Crippen molar-refractivity contribution in [2.75, 3.05) is 0 Å². The topological polar surface area (TPSA) is 30.2 Å². The predicted molar refractivity (Wildman–Crippen MR) is 83.8 cm³/mol. The van der Waals surface area contributed by atoms with Gasteiger partial charge in [-0.3, -0.25) is 4.79 Å². The number of rotatable bonds is 2. The van der Waals surface area contributed by atoms with Gasteiger partial charge in [-0.25, -0.2) is 0 Å². The van der Waals surface area contributed by atoms with E-state index in [1.165, 1.54) is 0 Å². The number of hydrogen-bond acceptors (Lipinski definition) is 2. The highest BCUT2D eigenvalue weighted by molar-refractivity contribution is 9.10. The van der Waals surface area contributed by atoms with E-state index in [0.717, 1.165) is 4.47 Å². The van der Waals surface area contributed by atoms with Gasteiger partial charge in [0.1, 0.15) is 5.58 Å². The van der Waals surface area contributed by atoms with Crippen molar-refractivity contribution < 1.29 is 9.21 Å². The molecule has 0 radical (unpaired) electrons. The average Bonchev–Trinajstić information content (AvgIpc) is 2.83. The lowest BCUT2D eigenvalue weighted by atomic mass is 10.1. The van der Waals surface area contributed by atoms with Gasteiger partial charge in [-0.15, -0.1) is 0 Å². The molecule has 100 valence electrons. The first-order valence-electron chi connectivity index (χ1n) is 5.74. The predicted octanol–water partition coefficient (Wildman–Crippen LogP) is 5.73. The monoisotopic (exact) mass is 368 g/mol. The highest BCUT2D eigenvalue weighted by Crippen LogP contribution is 2.29. The lowest BCUT2D eigenvalue weighted by Crippen LogP contribution is -2.00. The number of fused-ring (bicyclic) bond motifs is 1. The Morgan fingerprint density at radius 1 is 1.05 bits per heavy atom. The van der Waals surface area contributed by atoms with Gasteiger partial charge in [0.15, 0.2) is 5.76 Å². The van der Waals surface area contributed by atoms with Crippen molar-refractivity contribution >= 4 is 55.9 Å². The van der Waals surface area contributed by atoms with Crippen LogP contribution in [-0.4, -0.2) is 5.78 Å². The Kier molecular flexibility index (Phi) is 3.59. The van der Waals surface area contributed by atoms with E-state index >= 15 is 0 Å². The van der Waals surface area contributed by atoms with Crippen LogP contribution in [0, 0.1) is 0 Å². The van der Waals surface area contributed by atoms with Gasteiger partial charge >= 0.3 is 0 Å². The second-order valence-corrected chi connectivity index (χ2v) is 5.95. The van der Waals surface area contributed by atoms with Gasteiger partial charge in [0.25, 0.3) is 0 Å². The fourth-order valence-electron chi connectivity index (χ4n) is 1.94. The van der Waals surface area contributed by atoms with Crippen LogP contribution >= 0.6 is 39.1 Å². The van der Waals surface area contributed by atoms with Crippen LogP contribution in [0.2, 0.25) is 10.0 Å². The fourth-order valence-corrected chi connectivity index (χ4v) is 2.92. The summed E-state index contributed by atoms with van der Waals surface area (Å²) in [5.41, 5.74) is 0.971. The lowest BCUT2D eigenvalue weighted by Gasteiger charge is -2.01. The van der Waals surface area contributed by atoms with Crippen molar-refractivity contribution in [1.29, 1.82) is 0 Å². The second kappa shape index (κ2) is 5.24. The molecule has 5 heteroatoms. The third-order valence-corrected chi connectivity index (χ3v) is 4.04. The number of halogens is 3. The minimum Gasteiger partial charge on any atom is -0.453 e. The van der Waals surface area contributed by atoms with Crippen LogP contribution in [0.4, 0.5) is 0 Å². The van der Waals surface area contributed by atoms with Crippen LogP contribution in [0.3, 0.4) is 0 Å². The van der Waals surface area contributed by atoms with E-state index in [0.29, 0.717) is 26.6 Å². The Hall–Kier alpha value is -1.29. The fraction of sp³-hybridized carbons (Fsp3) is 0. The standard InChI is InChI=1S/C15H7BrCl2O2/c16-8-4-5-9(12(18)6-8)15(19)14-7-10-11(17)2-1-3-13(10)20-14/h1-7H. The van der Waals surface area contributed by atoms with Gasteiger partial charge < -0.3 is 4.42 Å². The zero-order valence-corrected chi connectivity index (χ0v) is 13.1. The molecule has 0 unspecified atom stereocenters. The summed E-state index contributed by atoms with van der Waals surface area (Å²) in [7, 11) is 0. The third-order valence-electron chi connectivity index (χ3n) is 2.91. The molecule has 0 aliphatic carbocycles. The highest BCUT2D eigenvalue weighted by Gasteiger charge is 2.18. The summed E-state index contributed by atoms with van der Waals surface area (Å²) in [6, 6.07) is 12.0. The maximum Gasteiger partial charge on any atom is 0.229 e. The molecule has 0 saturated heterocycles. The molecule has 0 aliphatic rings. The summed E-state index contributed by atoms with van der Waals surface area (Å²) in [4.78, 5) is 12.4. The first-order chi connectivity index (χ1) is 9.56. The molecule has 0 bridgehead atoms. The second-order valence-electron chi connectivity index (χ2n) is 4.22. The largest absolute Gasteiger partial charge is 0.453 e. The van der Waals surface area contributed by atoms with E-state index in [-0.39, 0.29) is 11.5 Å². The van der Waals surface area contributed by atoms with Crippen LogP contribution in [0.1, 0.15) is 16.1 Å². The van der Waals surface area contributed by atoms with Crippen molar-refractivity contribution in [3.63, 3.8) is 0 Å². The number of hydrogen-bond donors (Lipinski definition) is 0. The molecule has 0 amide bonds. The van der Waals surface area contributed by atoms with Crippen LogP contribution < -0.4 is 0 Å². The van der Waals surface area contributed by atoms with Gasteiger partial charge in [-0.1, -0.05) is 45.2 Å². The zero-order chi connectivity index (χ0) is 14.3. The van der Waals surface area contributed by atoms with E-state index in [4.69, 9.17) is 27.6 Å². The Morgan fingerprint density at radius 2 is 1.85 bits per heavy atom. The molecule has 0 saturated carbocycles. The third kappa shape index (κ3) is 2.37. The first-order valence-corrected chi connectivity index (χ1v) is 7.29. The average molecular weight is 370 g/mol. The minimum absolute atomic E-state index is 0.220. The smallest absolute Gasteiger partial charge is 0.229 e. The number of furan rings is 1. The summed E-state index contributed by atoms with van der Waals surface area (Å²) in [5, 5.41) is 1.63. The van der Waals surface area contributed by atoms with Crippen LogP contribution in [0.5, 0.6) is 0 Å². The number of carbonyl (C=O) groups is 1. The van der Waals surface area contributed by atoms with E-state index in [9.17, 15) is 4.79 Å². The Morgan fingerprint density at radius 3 is 2.55 bits per heavy atom. The summed E-state index contributed by atoms with van der Waals surface area (Å²) < 4.78 is 6.36. The van der Waals surface area contributed by atoms with Gasteiger partial charge in [0.05, 0.1) is 10.0 Å². The zero-order valence-electron chi connectivity index (χ0n) is 9.99. The van der Waals surface area contributed by atoms with Gasteiger partial charge in [0.2, 0.25) is 5.78 Å².